The molecule has 0 unspecified atom stereocenters. The van der Waals surface area contributed by atoms with E-state index >= 15 is 0 Å². The first-order chi connectivity index (χ1) is 15.6. The van der Waals surface area contributed by atoms with Crippen molar-refractivity contribution >= 4 is 41.7 Å². The van der Waals surface area contributed by atoms with Crippen LogP contribution in [0, 0.1) is 0 Å². The molecular formula is C25H23NO4S2. The Morgan fingerprint density at radius 2 is 1.75 bits per heavy atom. The van der Waals surface area contributed by atoms with Crippen molar-refractivity contribution in [3.63, 3.8) is 0 Å². The highest BCUT2D eigenvalue weighted by Crippen LogP contribution is 2.62. The Morgan fingerprint density at radius 1 is 1.09 bits per heavy atom. The molecule has 5 nitrogen and oxygen atoms in total. The van der Waals surface area contributed by atoms with Gasteiger partial charge in [-0.2, -0.15) is 0 Å². The van der Waals surface area contributed by atoms with E-state index in [0.29, 0.717) is 5.57 Å². The molecule has 0 spiro atoms. The predicted octanol–water partition coefficient (Wildman–Crippen LogP) is 4.69. The number of Topliss-reactive ketones (excluding diaryl/α,β-unsaturated/α-hetero) is 1. The number of nitrogens with zero attached hydrogens (tertiary/aromatic N) is 1. The number of esters is 1. The SMILES string of the molecule is CCOC(=O)[C@@]12N=CO[C@]1(c1ccccc1)C(=C1SCCS1)C(=O)C[C@@H]2c1ccccc1. The maximum Gasteiger partial charge on any atom is 0.339 e. The molecule has 1 aliphatic carbocycles. The largest absolute Gasteiger partial charge is 0.464 e. The van der Waals surface area contributed by atoms with Crippen molar-refractivity contribution in [2.24, 2.45) is 4.99 Å². The van der Waals surface area contributed by atoms with E-state index in [0.717, 1.165) is 26.9 Å². The van der Waals surface area contributed by atoms with Gasteiger partial charge < -0.3 is 9.47 Å². The molecule has 1 saturated heterocycles. The summed E-state index contributed by atoms with van der Waals surface area (Å²) in [5, 5.41) is 0. The number of ketones is 1. The number of carbonyl (C=O) groups excluding carboxylic acids is 2. The Balaban J connectivity index is 1.85. The number of aliphatic imine (C=N–C) groups is 1. The van der Waals surface area contributed by atoms with Crippen LogP contribution in [0.25, 0.3) is 0 Å². The minimum absolute atomic E-state index is 0.00923. The number of fused-ring (bicyclic) bond motifs is 1. The fourth-order valence-corrected chi connectivity index (χ4v) is 7.70. The molecule has 2 heterocycles. The fraction of sp³-hybridized carbons (Fsp3) is 0.320. The average molecular weight is 466 g/mol. The van der Waals surface area contributed by atoms with E-state index in [1.54, 1.807) is 30.4 Å². The molecule has 7 heteroatoms. The van der Waals surface area contributed by atoms with Crippen LogP contribution in [0.2, 0.25) is 0 Å². The molecule has 0 amide bonds. The Morgan fingerprint density at radius 3 is 2.41 bits per heavy atom. The van der Waals surface area contributed by atoms with E-state index < -0.39 is 23.0 Å². The van der Waals surface area contributed by atoms with Gasteiger partial charge in [-0.1, -0.05) is 60.7 Å². The highest BCUT2D eigenvalue weighted by molar-refractivity contribution is 8.25. The van der Waals surface area contributed by atoms with Crippen molar-refractivity contribution in [2.75, 3.05) is 18.1 Å². The van der Waals surface area contributed by atoms with Gasteiger partial charge in [0.15, 0.2) is 12.2 Å². The van der Waals surface area contributed by atoms with Crippen LogP contribution in [0.1, 0.15) is 30.4 Å². The van der Waals surface area contributed by atoms with Gasteiger partial charge in [-0.05, 0) is 12.5 Å². The van der Waals surface area contributed by atoms with Gasteiger partial charge in [0.25, 0.3) is 0 Å². The fourth-order valence-electron chi connectivity index (χ4n) is 5.03. The Bertz CT molecular complexity index is 1090. The molecule has 2 fully saturated rings. The average Bonchev–Trinajstić information content (AvgIpc) is 3.49. The molecule has 5 rings (SSSR count). The van der Waals surface area contributed by atoms with Crippen LogP contribution >= 0.6 is 23.5 Å². The summed E-state index contributed by atoms with van der Waals surface area (Å²) >= 11 is 3.30. The highest BCUT2D eigenvalue weighted by Gasteiger charge is 2.73. The molecule has 164 valence electrons. The normalized spacial score (nSPS) is 29.0. The summed E-state index contributed by atoms with van der Waals surface area (Å²) in [5.41, 5.74) is -0.682. The molecular weight excluding hydrogens is 442 g/mol. The Kier molecular flexibility index (Phi) is 5.63. The lowest BCUT2D eigenvalue weighted by atomic mass is 9.57. The van der Waals surface area contributed by atoms with Gasteiger partial charge >= 0.3 is 5.97 Å². The Hall–Kier alpha value is -2.51. The summed E-state index contributed by atoms with van der Waals surface area (Å²) in [6.45, 7) is 2.00. The third-order valence-corrected chi connectivity index (χ3v) is 8.98. The lowest BCUT2D eigenvalue weighted by Crippen LogP contribution is -2.63. The summed E-state index contributed by atoms with van der Waals surface area (Å²) in [5.74, 6) is 0.832. The number of thioether (sulfide) groups is 2. The van der Waals surface area contributed by atoms with Gasteiger partial charge in [0.05, 0.1) is 16.4 Å². The maximum atomic E-state index is 13.9. The first kappa shape index (κ1) is 21.3. The van der Waals surface area contributed by atoms with Crippen LogP contribution in [-0.2, 0) is 24.7 Å². The standard InChI is InChI=1S/C25H23NO4S2/c1-2-29-23(28)24-19(17-9-5-3-6-10-17)15-20(27)21(22-31-13-14-32-22)25(24,30-16-26-24)18-11-7-4-8-12-18/h3-12,16,19H,2,13-15H2,1H3/t19-,24-,25-/m1/s1. The van der Waals surface area contributed by atoms with Gasteiger partial charge in [-0.15, -0.1) is 23.5 Å². The minimum Gasteiger partial charge on any atom is -0.464 e. The molecule has 3 aliphatic rings. The first-order valence-electron chi connectivity index (χ1n) is 10.7. The highest BCUT2D eigenvalue weighted by atomic mass is 32.2. The molecule has 0 N–H and O–H groups in total. The number of benzene rings is 2. The molecule has 0 aromatic heterocycles. The van der Waals surface area contributed by atoms with Crippen molar-refractivity contribution in [3.8, 4) is 0 Å². The van der Waals surface area contributed by atoms with Crippen LogP contribution in [0.3, 0.4) is 0 Å². The van der Waals surface area contributed by atoms with Gasteiger partial charge in [0.2, 0.25) is 11.1 Å². The quantitative estimate of drug-likeness (QED) is 0.482. The van der Waals surface area contributed by atoms with Crippen LogP contribution in [0.15, 0.2) is 75.5 Å². The smallest absolute Gasteiger partial charge is 0.339 e. The van der Waals surface area contributed by atoms with Crippen molar-refractivity contribution in [2.45, 2.75) is 30.4 Å². The summed E-state index contributed by atoms with van der Waals surface area (Å²) in [6.07, 6.45) is 1.52. The van der Waals surface area contributed by atoms with Crippen molar-refractivity contribution in [3.05, 3.63) is 81.6 Å². The van der Waals surface area contributed by atoms with E-state index in [1.165, 1.54) is 6.40 Å². The predicted molar refractivity (Wildman–Crippen MR) is 128 cm³/mol. The van der Waals surface area contributed by atoms with Crippen molar-refractivity contribution in [1.29, 1.82) is 0 Å². The zero-order valence-corrected chi connectivity index (χ0v) is 19.3. The lowest BCUT2D eigenvalue weighted by molar-refractivity contribution is -0.160. The molecule has 3 atom stereocenters. The van der Waals surface area contributed by atoms with E-state index in [-0.39, 0.29) is 18.8 Å². The number of ether oxygens (including phenoxy) is 2. The van der Waals surface area contributed by atoms with E-state index in [1.807, 2.05) is 60.7 Å². The molecule has 1 saturated carbocycles. The summed E-state index contributed by atoms with van der Waals surface area (Å²) in [7, 11) is 0. The maximum absolute atomic E-state index is 13.9. The molecule has 0 bridgehead atoms. The second kappa shape index (κ2) is 8.45. The van der Waals surface area contributed by atoms with Crippen LogP contribution < -0.4 is 0 Å². The molecule has 2 aromatic carbocycles. The van der Waals surface area contributed by atoms with Gasteiger partial charge in [0.1, 0.15) is 0 Å². The second-order valence-corrected chi connectivity index (χ2v) is 10.3. The van der Waals surface area contributed by atoms with Crippen LogP contribution in [0.4, 0.5) is 0 Å². The number of hydrogen-bond acceptors (Lipinski definition) is 7. The number of carbonyl (C=O) groups is 2. The van der Waals surface area contributed by atoms with Crippen LogP contribution in [0.5, 0.6) is 0 Å². The van der Waals surface area contributed by atoms with Crippen molar-refractivity contribution < 1.29 is 19.1 Å². The zero-order valence-electron chi connectivity index (χ0n) is 17.7. The van der Waals surface area contributed by atoms with E-state index in [9.17, 15) is 9.59 Å². The van der Waals surface area contributed by atoms with Crippen LogP contribution in [-0.4, -0.2) is 41.8 Å². The topological polar surface area (TPSA) is 65.0 Å². The molecule has 32 heavy (non-hydrogen) atoms. The number of rotatable bonds is 4. The minimum atomic E-state index is -1.44. The molecule has 0 radical (unpaired) electrons. The first-order valence-corrected chi connectivity index (χ1v) is 12.6. The zero-order chi connectivity index (χ0) is 22.2. The third kappa shape index (κ3) is 2.98. The summed E-state index contributed by atoms with van der Waals surface area (Å²) in [4.78, 5) is 32.4. The van der Waals surface area contributed by atoms with Gasteiger partial charge in [-0.3, -0.25) is 4.79 Å². The third-order valence-electron chi connectivity index (χ3n) is 6.27. The molecule has 2 aromatic rings. The summed E-state index contributed by atoms with van der Waals surface area (Å²) in [6, 6.07) is 19.2. The van der Waals surface area contributed by atoms with Gasteiger partial charge in [0, 0.05) is 29.4 Å². The van der Waals surface area contributed by atoms with Crippen molar-refractivity contribution in [1.82, 2.24) is 0 Å². The monoisotopic (exact) mass is 465 g/mol. The van der Waals surface area contributed by atoms with E-state index in [4.69, 9.17) is 14.5 Å². The lowest BCUT2D eigenvalue weighted by Gasteiger charge is -2.49. The Labute approximate surface area is 195 Å². The van der Waals surface area contributed by atoms with Gasteiger partial charge in [-0.25, -0.2) is 9.79 Å². The second-order valence-electron chi connectivity index (χ2n) is 7.84. The number of hydrogen-bond donors (Lipinski definition) is 0. The summed E-state index contributed by atoms with van der Waals surface area (Å²) < 4.78 is 12.9. The molecule has 2 aliphatic heterocycles. The van der Waals surface area contributed by atoms with E-state index in [2.05, 4.69) is 0 Å².